The summed E-state index contributed by atoms with van der Waals surface area (Å²) in [5.74, 6) is 1.01. The Hall–Kier alpha value is -1.79. The lowest BCUT2D eigenvalue weighted by molar-refractivity contribution is -0.132. The molecule has 0 saturated carbocycles. The summed E-state index contributed by atoms with van der Waals surface area (Å²) in [4.78, 5) is 27.3. The molecule has 2 aromatic heterocycles. The summed E-state index contributed by atoms with van der Waals surface area (Å²) in [6, 6.07) is 4.23. The van der Waals surface area contributed by atoms with Crippen LogP contribution in [0.4, 0.5) is 0 Å². The van der Waals surface area contributed by atoms with Crippen LogP contribution in [-0.4, -0.2) is 46.3 Å². The van der Waals surface area contributed by atoms with Crippen molar-refractivity contribution >= 4 is 17.2 Å². The highest BCUT2D eigenvalue weighted by Gasteiger charge is 2.32. The standard InChI is InChI=1S/C19H26N4OS/c1-14-20-12-15(13-22(2)3)19(21-14)17-7-4-10-23(17)18(24)9-8-16-6-5-11-25-16/h5-6,11-12,17H,4,7-10,13H2,1-3H3/t17-/m0/s1. The Balaban J connectivity index is 1.76. The summed E-state index contributed by atoms with van der Waals surface area (Å²) in [6.45, 7) is 3.54. The lowest BCUT2D eigenvalue weighted by atomic mass is 10.0. The Labute approximate surface area is 153 Å². The maximum Gasteiger partial charge on any atom is 0.223 e. The SMILES string of the molecule is Cc1ncc(CN(C)C)c([C@@H]2CCCN2C(=O)CCc2cccs2)n1. The van der Waals surface area contributed by atoms with Gasteiger partial charge in [0.05, 0.1) is 11.7 Å². The van der Waals surface area contributed by atoms with Gasteiger partial charge in [-0.1, -0.05) is 6.07 Å². The van der Waals surface area contributed by atoms with Crippen molar-refractivity contribution in [1.29, 1.82) is 0 Å². The third-order valence-corrected chi connectivity index (χ3v) is 5.50. The number of nitrogens with zero attached hydrogens (tertiary/aromatic N) is 4. The molecule has 3 heterocycles. The molecular formula is C19H26N4OS. The van der Waals surface area contributed by atoms with E-state index in [-0.39, 0.29) is 11.9 Å². The van der Waals surface area contributed by atoms with Crippen molar-refractivity contribution in [3.8, 4) is 0 Å². The molecule has 2 aromatic rings. The monoisotopic (exact) mass is 358 g/mol. The number of rotatable bonds is 6. The first kappa shape index (κ1) is 18.0. The maximum atomic E-state index is 12.8. The van der Waals surface area contributed by atoms with E-state index in [0.717, 1.165) is 49.4 Å². The van der Waals surface area contributed by atoms with Gasteiger partial charge in [-0.25, -0.2) is 9.97 Å². The van der Waals surface area contributed by atoms with Gasteiger partial charge in [-0.2, -0.15) is 0 Å². The highest BCUT2D eigenvalue weighted by Crippen LogP contribution is 2.33. The van der Waals surface area contributed by atoms with Crippen LogP contribution in [-0.2, 0) is 17.8 Å². The van der Waals surface area contributed by atoms with Crippen molar-refractivity contribution in [2.45, 2.75) is 45.2 Å². The van der Waals surface area contributed by atoms with Crippen LogP contribution in [0.5, 0.6) is 0 Å². The number of likely N-dealkylation sites (tertiary alicyclic amines) is 1. The van der Waals surface area contributed by atoms with Crippen LogP contribution in [0.1, 0.15) is 47.3 Å². The molecule has 1 saturated heterocycles. The third kappa shape index (κ3) is 4.44. The van der Waals surface area contributed by atoms with Gasteiger partial charge in [-0.15, -0.1) is 11.3 Å². The zero-order valence-corrected chi connectivity index (χ0v) is 16.1. The van der Waals surface area contributed by atoms with E-state index < -0.39 is 0 Å². The summed E-state index contributed by atoms with van der Waals surface area (Å²) < 4.78 is 0. The highest BCUT2D eigenvalue weighted by atomic mass is 32.1. The van der Waals surface area contributed by atoms with Crippen molar-refractivity contribution in [1.82, 2.24) is 19.8 Å². The fourth-order valence-electron chi connectivity index (χ4n) is 3.44. The van der Waals surface area contributed by atoms with E-state index in [2.05, 4.69) is 21.3 Å². The lowest BCUT2D eigenvalue weighted by Gasteiger charge is -2.26. The van der Waals surface area contributed by atoms with E-state index in [1.807, 2.05) is 38.2 Å². The zero-order chi connectivity index (χ0) is 17.8. The summed E-state index contributed by atoms with van der Waals surface area (Å²) in [6.07, 6.45) is 5.35. The smallest absolute Gasteiger partial charge is 0.223 e. The number of carbonyl (C=O) groups is 1. The van der Waals surface area contributed by atoms with Gasteiger partial charge < -0.3 is 9.80 Å². The predicted molar refractivity (Wildman–Crippen MR) is 100 cm³/mol. The van der Waals surface area contributed by atoms with Crippen LogP contribution in [0, 0.1) is 6.92 Å². The van der Waals surface area contributed by atoms with Gasteiger partial charge in [0.2, 0.25) is 5.91 Å². The molecule has 1 amide bonds. The Morgan fingerprint density at radius 3 is 3.00 bits per heavy atom. The minimum Gasteiger partial charge on any atom is -0.334 e. The fraction of sp³-hybridized carbons (Fsp3) is 0.526. The number of thiophene rings is 1. The molecular weight excluding hydrogens is 332 g/mol. The Kier molecular flexibility index (Phi) is 5.81. The molecule has 0 spiro atoms. The van der Waals surface area contributed by atoms with E-state index in [1.54, 1.807) is 11.3 Å². The van der Waals surface area contributed by atoms with E-state index in [9.17, 15) is 4.79 Å². The Bertz CT molecular complexity index is 714. The summed E-state index contributed by atoms with van der Waals surface area (Å²) in [5, 5.41) is 2.07. The zero-order valence-electron chi connectivity index (χ0n) is 15.2. The molecule has 5 nitrogen and oxygen atoms in total. The van der Waals surface area contributed by atoms with Gasteiger partial charge in [-0.3, -0.25) is 4.79 Å². The molecule has 0 aliphatic carbocycles. The molecule has 6 heteroatoms. The molecule has 0 radical (unpaired) electrons. The third-order valence-electron chi connectivity index (χ3n) is 4.56. The van der Waals surface area contributed by atoms with Gasteiger partial charge in [0.15, 0.2) is 0 Å². The van der Waals surface area contributed by atoms with E-state index in [4.69, 9.17) is 4.98 Å². The highest BCUT2D eigenvalue weighted by molar-refractivity contribution is 7.09. The van der Waals surface area contributed by atoms with Crippen molar-refractivity contribution in [2.75, 3.05) is 20.6 Å². The molecule has 25 heavy (non-hydrogen) atoms. The first-order valence-corrected chi connectivity index (χ1v) is 9.71. The van der Waals surface area contributed by atoms with Crippen LogP contribution in [0.15, 0.2) is 23.7 Å². The van der Waals surface area contributed by atoms with Gasteiger partial charge in [0, 0.05) is 36.1 Å². The normalized spacial score (nSPS) is 17.4. The van der Waals surface area contributed by atoms with Crippen LogP contribution in [0.25, 0.3) is 0 Å². The second kappa shape index (κ2) is 8.06. The molecule has 1 fully saturated rings. The first-order chi connectivity index (χ1) is 12.0. The largest absolute Gasteiger partial charge is 0.334 e. The minimum atomic E-state index is 0.0903. The van der Waals surface area contributed by atoms with Crippen LogP contribution >= 0.6 is 11.3 Å². The van der Waals surface area contributed by atoms with Gasteiger partial charge in [0.1, 0.15) is 5.82 Å². The first-order valence-electron chi connectivity index (χ1n) is 8.83. The number of amides is 1. The molecule has 0 unspecified atom stereocenters. The van der Waals surface area contributed by atoms with Crippen molar-refractivity contribution in [2.24, 2.45) is 0 Å². The molecule has 1 aliphatic rings. The Morgan fingerprint density at radius 2 is 2.28 bits per heavy atom. The van der Waals surface area contributed by atoms with Crippen LogP contribution in [0.2, 0.25) is 0 Å². The van der Waals surface area contributed by atoms with Crippen molar-refractivity contribution < 1.29 is 4.79 Å². The maximum absolute atomic E-state index is 12.8. The second-order valence-electron chi connectivity index (χ2n) is 6.89. The number of aryl methyl sites for hydroxylation is 2. The number of hydrogen-bond acceptors (Lipinski definition) is 5. The second-order valence-corrected chi connectivity index (χ2v) is 7.92. The van der Waals surface area contributed by atoms with E-state index >= 15 is 0 Å². The quantitative estimate of drug-likeness (QED) is 0.796. The number of carbonyl (C=O) groups excluding carboxylic acids is 1. The predicted octanol–water partition coefficient (Wildman–Crippen LogP) is 3.20. The molecule has 134 valence electrons. The summed E-state index contributed by atoms with van der Waals surface area (Å²) in [5.41, 5.74) is 2.15. The van der Waals surface area contributed by atoms with Gasteiger partial charge in [0.25, 0.3) is 0 Å². The summed E-state index contributed by atoms with van der Waals surface area (Å²) in [7, 11) is 4.09. The molecule has 1 aliphatic heterocycles. The van der Waals surface area contributed by atoms with Crippen LogP contribution in [0.3, 0.4) is 0 Å². The average Bonchev–Trinajstić information content (AvgIpc) is 3.25. The van der Waals surface area contributed by atoms with Crippen molar-refractivity contribution in [3.05, 3.63) is 45.7 Å². The minimum absolute atomic E-state index is 0.0903. The molecule has 3 rings (SSSR count). The van der Waals surface area contributed by atoms with Crippen LogP contribution < -0.4 is 0 Å². The molecule has 0 N–H and O–H groups in total. The topological polar surface area (TPSA) is 49.3 Å². The average molecular weight is 359 g/mol. The molecule has 1 atom stereocenters. The Morgan fingerprint density at radius 1 is 1.44 bits per heavy atom. The lowest BCUT2D eigenvalue weighted by Crippen LogP contribution is -2.32. The number of aromatic nitrogens is 2. The molecule has 0 bridgehead atoms. The summed E-state index contributed by atoms with van der Waals surface area (Å²) >= 11 is 1.72. The fourth-order valence-corrected chi connectivity index (χ4v) is 4.15. The van der Waals surface area contributed by atoms with Crippen molar-refractivity contribution in [3.63, 3.8) is 0 Å². The number of hydrogen-bond donors (Lipinski definition) is 0. The van der Waals surface area contributed by atoms with E-state index in [1.165, 1.54) is 4.88 Å². The van der Waals surface area contributed by atoms with E-state index in [0.29, 0.717) is 6.42 Å². The molecule has 0 aromatic carbocycles. The van der Waals surface area contributed by atoms with Gasteiger partial charge >= 0.3 is 0 Å². The van der Waals surface area contributed by atoms with Gasteiger partial charge in [-0.05, 0) is 51.7 Å².